The molecule has 0 spiro atoms. The van der Waals surface area contributed by atoms with E-state index in [1.807, 2.05) is 29.5 Å². The number of nitrogens with one attached hydrogen (secondary N) is 1. The van der Waals surface area contributed by atoms with Crippen molar-refractivity contribution in [1.82, 2.24) is 10.2 Å². The molecule has 1 aromatic rings. The minimum absolute atomic E-state index is 0.0724. The van der Waals surface area contributed by atoms with Gasteiger partial charge in [-0.05, 0) is 60.6 Å². The van der Waals surface area contributed by atoms with Crippen molar-refractivity contribution < 1.29 is 38.8 Å². The molecule has 0 aromatic heterocycles. The number of aliphatic hydroxyl groups is 2. The van der Waals surface area contributed by atoms with Crippen molar-refractivity contribution in [2.45, 2.75) is 109 Å². The number of carbonyl (C=O) groups excluding carboxylic acids is 3. The van der Waals surface area contributed by atoms with Gasteiger partial charge in [0, 0.05) is 50.3 Å². The van der Waals surface area contributed by atoms with Crippen LogP contribution in [-0.4, -0.2) is 91.5 Å². The van der Waals surface area contributed by atoms with Gasteiger partial charge >= 0.3 is 0 Å². The van der Waals surface area contributed by atoms with Crippen LogP contribution in [0.3, 0.4) is 0 Å². The highest BCUT2D eigenvalue weighted by atomic mass is 127. The standard InChI is InChI=1S/C34H53IN2O8/c1-4-6-7-8-9-10-11-12-13-15-31(40)37(17-14-19-44-5-2)28-22-26(34(42)36-16-18-38)23-29(32(28)41)45-33-27(35)20-25(24-39)21-30(33)43-3/h20-21,23-24,28-29,32,38,41H,4-19,22H2,1-3H3,(H,36,42)/t28-,29+,32+/m1/s1. The van der Waals surface area contributed by atoms with Crippen molar-refractivity contribution in [1.29, 1.82) is 0 Å². The van der Waals surface area contributed by atoms with Crippen LogP contribution in [0, 0.1) is 3.57 Å². The van der Waals surface area contributed by atoms with E-state index in [9.17, 15) is 24.6 Å². The molecule has 0 fully saturated rings. The molecule has 3 atom stereocenters. The molecule has 1 aliphatic rings. The molecule has 10 nitrogen and oxygen atoms in total. The number of methoxy groups -OCH3 is 1. The summed E-state index contributed by atoms with van der Waals surface area (Å²) in [6, 6.07) is 2.47. The Balaban J connectivity index is 2.27. The molecule has 0 bridgehead atoms. The average Bonchev–Trinajstić information content (AvgIpc) is 3.04. The second-order valence-electron chi connectivity index (χ2n) is 11.4. The van der Waals surface area contributed by atoms with Crippen LogP contribution < -0.4 is 14.8 Å². The van der Waals surface area contributed by atoms with Gasteiger partial charge in [-0.3, -0.25) is 14.4 Å². The molecule has 0 aliphatic heterocycles. The summed E-state index contributed by atoms with van der Waals surface area (Å²) in [7, 11) is 1.46. The molecule has 2 amide bonds. The number of benzene rings is 1. The van der Waals surface area contributed by atoms with Crippen LogP contribution in [0.2, 0.25) is 0 Å². The Hall–Kier alpha value is -2.22. The van der Waals surface area contributed by atoms with E-state index in [-0.39, 0.29) is 25.5 Å². The van der Waals surface area contributed by atoms with Crippen molar-refractivity contribution >= 4 is 40.7 Å². The number of hydrogen-bond donors (Lipinski definition) is 3. The van der Waals surface area contributed by atoms with Crippen LogP contribution in [0.1, 0.15) is 101 Å². The Bertz CT molecular complexity index is 1080. The van der Waals surface area contributed by atoms with Gasteiger partial charge in [0.2, 0.25) is 11.8 Å². The number of nitrogens with zero attached hydrogens (tertiary/aromatic N) is 1. The predicted molar refractivity (Wildman–Crippen MR) is 183 cm³/mol. The first kappa shape index (κ1) is 39.0. The van der Waals surface area contributed by atoms with Crippen molar-refractivity contribution in [3.05, 3.63) is 32.9 Å². The van der Waals surface area contributed by atoms with Crippen molar-refractivity contribution in [3.63, 3.8) is 0 Å². The lowest BCUT2D eigenvalue weighted by molar-refractivity contribution is -0.139. The van der Waals surface area contributed by atoms with Crippen LogP contribution in [0.25, 0.3) is 0 Å². The SMILES string of the molecule is CCCCCCCCCCCC(=O)N(CCCOCC)[C@@H]1CC(C(=O)NCCO)=C[C@H](Oc2c(I)cc(C=O)cc2OC)[C@H]1O. The first-order valence-electron chi connectivity index (χ1n) is 16.5. The number of ether oxygens (including phenoxy) is 3. The fourth-order valence-electron chi connectivity index (χ4n) is 5.53. The first-order valence-corrected chi connectivity index (χ1v) is 17.5. The predicted octanol–water partition coefficient (Wildman–Crippen LogP) is 5.20. The van der Waals surface area contributed by atoms with E-state index < -0.39 is 24.2 Å². The number of aldehydes is 1. The molecule has 1 aromatic carbocycles. The van der Waals surface area contributed by atoms with E-state index in [0.29, 0.717) is 65.1 Å². The molecule has 0 saturated carbocycles. The first-order chi connectivity index (χ1) is 21.8. The molecule has 254 valence electrons. The largest absolute Gasteiger partial charge is 0.493 e. The lowest BCUT2D eigenvalue weighted by Gasteiger charge is -2.41. The summed E-state index contributed by atoms with van der Waals surface area (Å²) in [5.74, 6) is 0.168. The van der Waals surface area contributed by atoms with Crippen LogP contribution >= 0.6 is 22.6 Å². The monoisotopic (exact) mass is 744 g/mol. The summed E-state index contributed by atoms with van der Waals surface area (Å²) >= 11 is 2.03. The average molecular weight is 745 g/mol. The summed E-state index contributed by atoms with van der Waals surface area (Å²) in [4.78, 5) is 39.9. The van der Waals surface area contributed by atoms with Crippen LogP contribution in [0.4, 0.5) is 0 Å². The van der Waals surface area contributed by atoms with Crippen molar-refractivity contribution in [3.8, 4) is 11.5 Å². The maximum Gasteiger partial charge on any atom is 0.247 e. The number of unbranched alkanes of at least 4 members (excludes halogenated alkanes) is 8. The smallest absolute Gasteiger partial charge is 0.247 e. The summed E-state index contributed by atoms with van der Waals surface area (Å²) in [6.45, 7) is 5.39. The van der Waals surface area contributed by atoms with Gasteiger partial charge < -0.3 is 34.6 Å². The second-order valence-corrected chi connectivity index (χ2v) is 12.5. The third kappa shape index (κ3) is 13.2. The number of hydrogen-bond acceptors (Lipinski definition) is 8. The molecule has 0 saturated heterocycles. The fourth-order valence-corrected chi connectivity index (χ4v) is 6.28. The second kappa shape index (κ2) is 22.3. The van der Waals surface area contributed by atoms with E-state index in [0.717, 1.165) is 19.3 Å². The maximum absolute atomic E-state index is 13.7. The van der Waals surface area contributed by atoms with Gasteiger partial charge in [0.1, 0.15) is 18.5 Å². The maximum atomic E-state index is 13.7. The highest BCUT2D eigenvalue weighted by Gasteiger charge is 2.40. The van der Waals surface area contributed by atoms with Crippen molar-refractivity contribution in [2.75, 3.05) is 40.0 Å². The minimum Gasteiger partial charge on any atom is -0.493 e. The number of aliphatic hydroxyl groups excluding tert-OH is 2. The van der Waals surface area contributed by atoms with Gasteiger partial charge in [0.25, 0.3) is 0 Å². The molecule has 2 rings (SSSR count). The third-order valence-corrected chi connectivity index (χ3v) is 8.76. The Labute approximate surface area is 282 Å². The summed E-state index contributed by atoms with van der Waals surface area (Å²) in [6.07, 6.45) is 11.5. The Morgan fingerprint density at radius 2 is 1.76 bits per heavy atom. The molecule has 45 heavy (non-hydrogen) atoms. The van der Waals surface area contributed by atoms with E-state index in [1.165, 1.54) is 45.6 Å². The van der Waals surface area contributed by atoms with Gasteiger partial charge in [-0.15, -0.1) is 0 Å². The zero-order valence-corrected chi connectivity index (χ0v) is 29.4. The Morgan fingerprint density at radius 3 is 2.38 bits per heavy atom. The van der Waals surface area contributed by atoms with Gasteiger partial charge in [0.15, 0.2) is 11.5 Å². The Morgan fingerprint density at radius 1 is 1.07 bits per heavy atom. The van der Waals surface area contributed by atoms with Crippen molar-refractivity contribution in [2.24, 2.45) is 0 Å². The van der Waals surface area contributed by atoms with Gasteiger partial charge in [-0.2, -0.15) is 0 Å². The molecule has 11 heteroatoms. The van der Waals surface area contributed by atoms with Gasteiger partial charge in [-0.25, -0.2) is 0 Å². The highest BCUT2D eigenvalue weighted by Crippen LogP contribution is 2.37. The summed E-state index contributed by atoms with van der Waals surface area (Å²) in [5.41, 5.74) is 0.765. The topological polar surface area (TPSA) is 135 Å². The highest BCUT2D eigenvalue weighted by molar-refractivity contribution is 14.1. The van der Waals surface area contributed by atoms with E-state index in [2.05, 4.69) is 12.2 Å². The van der Waals surface area contributed by atoms with Crippen LogP contribution in [0.5, 0.6) is 11.5 Å². The van der Waals surface area contributed by atoms with Gasteiger partial charge in [-0.1, -0.05) is 58.3 Å². The molecule has 0 heterocycles. The molecule has 0 unspecified atom stereocenters. The summed E-state index contributed by atoms with van der Waals surface area (Å²) in [5, 5.41) is 23.7. The number of halogens is 1. The lowest BCUT2D eigenvalue weighted by Crippen LogP contribution is -2.55. The lowest BCUT2D eigenvalue weighted by atomic mass is 9.87. The minimum atomic E-state index is -1.15. The number of carbonyl (C=O) groups is 3. The third-order valence-electron chi connectivity index (χ3n) is 7.96. The number of amides is 2. The number of rotatable bonds is 23. The van der Waals surface area contributed by atoms with Gasteiger partial charge in [0.05, 0.1) is 23.3 Å². The van der Waals surface area contributed by atoms with E-state index in [4.69, 9.17) is 14.2 Å². The van der Waals surface area contributed by atoms with E-state index >= 15 is 0 Å². The van der Waals surface area contributed by atoms with Crippen LogP contribution in [-0.2, 0) is 14.3 Å². The van der Waals surface area contributed by atoms with Crippen LogP contribution in [0.15, 0.2) is 23.8 Å². The molecular weight excluding hydrogens is 691 g/mol. The zero-order valence-electron chi connectivity index (χ0n) is 27.2. The quantitative estimate of drug-likeness (QED) is 0.0791. The molecule has 0 radical (unpaired) electrons. The Kier molecular flexibility index (Phi) is 19.3. The summed E-state index contributed by atoms with van der Waals surface area (Å²) < 4.78 is 17.9. The molecule has 3 N–H and O–H groups in total. The normalized spacial score (nSPS) is 17.8. The van der Waals surface area contributed by atoms with E-state index in [1.54, 1.807) is 23.1 Å². The fraction of sp³-hybridized carbons (Fsp3) is 0.676. The molecular formula is C34H53IN2O8. The molecule has 1 aliphatic carbocycles. The zero-order chi connectivity index (χ0) is 33.0.